The molecule has 3 aromatic rings. The fraction of sp³-hybridized carbons (Fsp3) is 0.0714. The van der Waals surface area contributed by atoms with Crippen LogP contribution in [0.5, 0.6) is 0 Å². The summed E-state index contributed by atoms with van der Waals surface area (Å²) in [5.41, 5.74) is 1.32. The number of fused-ring (bicyclic) bond motifs is 1. The molecule has 0 spiro atoms. The smallest absolute Gasteiger partial charge is 0.272 e. The number of nitro groups is 1. The Kier molecular flexibility index (Phi) is 4.45. The number of pyridine rings is 1. The maximum atomic E-state index is 11.5. The molecule has 3 rings (SSSR count). The third-order valence-electron chi connectivity index (χ3n) is 3.37. The van der Waals surface area contributed by atoms with Crippen LogP contribution in [0.25, 0.3) is 5.65 Å². The number of primary sulfonamides is 1. The van der Waals surface area contributed by atoms with E-state index < -0.39 is 14.9 Å². The van der Waals surface area contributed by atoms with Gasteiger partial charge in [-0.15, -0.1) is 0 Å². The van der Waals surface area contributed by atoms with Crippen molar-refractivity contribution in [2.75, 3.05) is 5.32 Å². The van der Waals surface area contributed by atoms with Gasteiger partial charge in [0, 0.05) is 34.7 Å². The van der Waals surface area contributed by atoms with Crippen molar-refractivity contribution in [2.24, 2.45) is 5.14 Å². The molecule has 0 saturated carbocycles. The summed E-state index contributed by atoms with van der Waals surface area (Å²) >= 11 is 3.37. The van der Waals surface area contributed by atoms with Crippen LogP contribution >= 0.6 is 15.9 Å². The molecule has 130 valence electrons. The molecule has 0 amide bonds. The highest BCUT2D eigenvalue weighted by Gasteiger charge is 2.16. The van der Waals surface area contributed by atoms with Gasteiger partial charge >= 0.3 is 0 Å². The van der Waals surface area contributed by atoms with Crippen molar-refractivity contribution in [3.63, 3.8) is 0 Å². The topological polar surface area (TPSA) is 133 Å². The number of halogens is 1. The Balaban J connectivity index is 1.88. The lowest BCUT2D eigenvalue weighted by Crippen LogP contribution is -2.13. The summed E-state index contributed by atoms with van der Waals surface area (Å²) in [5, 5.41) is 19.0. The van der Waals surface area contributed by atoms with Crippen LogP contribution in [0.2, 0.25) is 0 Å². The summed E-state index contributed by atoms with van der Waals surface area (Å²) in [5.74, 6) is 0. The number of nitrogens with two attached hydrogens (primary N) is 1. The number of rotatable bonds is 5. The molecule has 0 fully saturated rings. The van der Waals surface area contributed by atoms with Gasteiger partial charge in [-0.25, -0.2) is 18.5 Å². The third-order valence-corrected chi connectivity index (χ3v) is 4.73. The molecule has 2 aromatic heterocycles. The van der Waals surface area contributed by atoms with Crippen LogP contribution in [0, 0.1) is 10.1 Å². The standard InChI is InChI=1S/C14H12BrN5O4S/c15-9-1-2-14-18-11(8-19(14)7-9)6-17-10-3-12(20(21)22)5-13(4-10)25(16,23)24/h1-5,7-8,17H,6H2,(H2,16,23,24). The molecule has 1 aromatic carbocycles. The van der Waals surface area contributed by atoms with E-state index in [1.807, 2.05) is 22.7 Å². The number of non-ortho nitro benzene ring substituents is 1. The first-order chi connectivity index (χ1) is 11.7. The maximum absolute atomic E-state index is 11.5. The largest absolute Gasteiger partial charge is 0.379 e. The van der Waals surface area contributed by atoms with Crippen LogP contribution in [0.3, 0.4) is 0 Å². The molecule has 0 saturated heterocycles. The number of hydrogen-bond acceptors (Lipinski definition) is 6. The molecule has 0 unspecified atom stereocenters. The summed E-state index contributed by atoms with van der Waals surface area (Å²) in [4.78, 5) is 14.4. The lowest BCUT2D eigenvalue weighted by Gasteiger charge is -2.06. The van der Waals surface area contributed by atoms with E-state index in [1.165, 1.54) is 12.1 Å². The Morgan fingerprint density at radius 1 is 1.28 bits per heavy atom. The maximum Gasteiger partial charge on any atom is 0.272 e. The van der Waals surface area contributed by atoms with Gasteiger partial charge in [-0.3, -0.25) is 10.1 Å². The Morgan fingerprint density at radius 2 is 2.04 bits per heavy atom. The van der Waals surface area contributed by atoms with E-state index in [-0.39, 0.29) is 22.8 Å². The predicted octanol–water partition coefficient (Wildman–Crippen LogP) is 2.26. The number of benzene rings is 1. The Bertz CT molecular complexity index is 1080. The van der Waals surface area contributed by atoms with Gasteiger partial charge in [0.25, 0.3) is 5.69 Å². The minimum absolute atomic E-state index is 0.254. The molecule has 11 heteroatoms. The zero-order chi connectivity index (χ0) is 18.2. The third kappa shape index (κ3) is 3.95. The number of sulfonamides is 1. The molecule has 0 radical (unpaired) electrons. The van der Waals surface area contributed by atoms with Gasteiger partial charge in [-0.1, -0.05) is 0 Å². The van der Waals surface area contributed by atoms with Crippen molar-refractivity contribution in [3.8, 4) is 0 Å². The second-order valence-electron chi connectivity index (χ2n) is 5.22. The Hall–Kier alpha value is -2.50. The van der Waals surface area contributed by atoms with Gasteiger partial charge in [0.05, 0.1) is 22.1 Å². The average molecular weight is 426 g/mol. The van der Waals surface area contributed by atoms with Crippen LogP contribution in [-0.2, 0) is 16.6 Å². The average Bonchev–Trinajstić information content (AvgIpc) is 2.93. The number of nitrogens with zero attached hydrogens (tertiary/aromatic N) is 3. The van der Waals surface area contributed by atoms with Crippen LogP contribution in [0.1, 0.15) is 5.69 Å². The molecule has 0 bridgehead atoms. The fourth-order valence-corrected chi connectivity index (χ4v) is 3.18. The van der Waals surface area contributed by atoms with Gasteiger partial charge in [-0.2, -0.15) is 0 Å². The van der Waals surface area contributed by atoms with Crippen molar-refractivity contribution in [3.05, 3.63) is 63.0 Å². The molecule has 0 aliphatic carbocycles. The number of nitrogens with one attached hydrogen (secondary N) is 1. The van der Waals surface area contributed by atoms with E-state index >= 15 is 0 Å². The quantitative estimate of drug-likeness (QED) is 0.475. The van der Waals surface area contributed by atoms with E-state index in [0.29, 0.717) is 5.69 Å². The number of aromatic nitrogens is 2. The van der Waals surface area contributed by atoms with Gasteiger partial charge in [0.2, 0.25) is 10.0 Å². The van der Waals surface area contributed by atoms with Crippen LogP contribution < -0.4 is 10.5 Å². The van der Waals surface area contributed by atoms with Crippen LogP contribution in [-0.4, -0.2) is 22.7 Å². The van der Waals surface area contributed by atoms with E-state index in [9.17, 15) is 18.5 Å². The van der Waals surface area contributed by atoms with Crippen molar-refractivity contribution in [1.82, 2.24) is 9.38 Å². The van der Waals surface area contributed by atoms with Gasteiger partial charge in [0.15, 0.2) is 0 Å². The second kappa shape index (κ2) is 6.43. The van der Waals surface area contributed by atoms with Crippen molar-refractivity contribution in [1.29, 1.82) is 0 Å². The van der Waals surface area contributed by atoms with Gasteiger partial charge in [-0.05, 0) is 34.1 Å². The summed E-state index contributed by atoms with van der Waals surface area (Å²) in [6.45, 7) is 0.254. The van der Waals surface area contributed by atoms with Gasteiger partial charge in [0.1, 0.15) is 5.65 Å². The Morgan fingerprint density at radius 3 is 2.72 bits per heavy atom. The van der Waals surface area contributed by atoms with Crippen molar-refractivity contribution < 1.29 is 13.3 Å². The molecular formula is C14H12BrN5O4S. The first-order valence-electron chi connectivity index (χ1n) is 6.92. The number of imidazole rings is 1. The number of anilines is 1. The minimum Gasteiger partial charge on any atom is -0.379 e. The molecule has 0 aliphatic heterocycles. The van der Waals surface area contributed by atoms with E-state index in [2.05, 4.69) is 26.2 Å². The van der Waals surface area contributed by atoms with E-state index in [0.717, 1.165) is 16.2 Å². The number of hydrogen-bond donors (Lipinski definition) is 2. The zero-order valence-electron chi connectivity index (χ0n) is 12.6. The van der Waals surface area contributed by atoms with E-state index in [1.54, 1.807) is 6.20 Å². The fourth-order valence-electron chi connectivity index (χ4n) is 2.25. The normalized spacial score (nSPS) is 11.6. The molecule has 2 heterocycles. The lowest BCUT2D eigenvalue weighted by molar-refractivity contribution is -0.385. The minimum atomic E-state index is -4.06. The summed E-state index contributed by atoms with van der Waals surface area (Å²) in [7, 11) is -4.06. The summed E-state index contributed by atoms with van der Waals surface area (Å²) in [6, 6.07) is 7.09. The van der Waals surface area contributed by atoms with Crippen LogP contribution in [0.15, 0.2) is 52.1 Å². The Labute approximate surface area is 150 Å². The SMILES string of the molecule is NS(=O)(=O)c1cc(NCc2cn3cc(Br)ccc3n2)cc([N+](=O)[O-])c1. The summed E-state index contributed by atoms with van der Waals surface area (Å²) in [6.07, 6.45) is 3.64. The van der Waals surface area contributed by atoms with Crippen molar-refractivity contribution in [2.45, 2.75) is 11.4 Å². The number of nitro benzene ring substituents is 1. The highest BCUT2D eigenvalue weighted by molar-refractivity contribution is 9.10. The molecular weight excluding hydrogens is 414 g/mol. The highest BCUT2D eigenvalue weighted by atomic mass is 79.9. The van der Waals surface area contributed by atoms with Crippen molar-refractivity contribution >= 4 is 43.0 Å². The summed E-state index contributed by atoms with van der Waals surface area (Å²) < 4.78 is 25.7. The first-order valence-corrected chi connectivity index (χ1v) is 9.25. The monoisotopic (exact) mass is 425 g/mol. The molecule has 9 nitrogen and oxygen atoms in total. The second-order valence-corrected chi connectivity index (χ2v) is 7.69. The van der Waals surface area contributed by atoms with Crippen LogP contribution in [0.4, 0.5) is 11.4 Å². The molecule has 0 atom stereocenters. The lowest BCUT2D eigenvalue weighted by atomic mass is 10.2. The molecule has 0 aliphatic rings. The first kappa shape index (κ1) is 17.3. The van der Waals surface area contributed by atoms with E-state index in [4.69, 9.17) is 5.14 Å². The molecule has 25 heavy (non-hydrogen) atoms. The predicted molar refractivity (Wildman–Crippen MR) is 94.7 cm³/mol. The van der Waals surface area contributed by atoms with Gasteiger partial charge < -0.3 is 9.72 Å². The zero-order valence-corrected chi connectivity index (χ0v) is 15.0. The highest BCUT2D eigenvalue weighted by Crippen LogP contribution is 2.24. The molecule has 3 N–H and O–H groups in total.